The molecular weight excluding hydrogens is 216 g/mol. The minimum atomic E-state index is 0.196. The van der Waals surface area contributed by atoms with Gasteiger partial charge in [-0.25, -0.2) is 0 Å². The Balaban J connectivity index is 3.68. The number of nitrogens with two attached hydrogens (primary N) is 1. The highest BCUT2D eigenvalue weighted by molar-refractivity contribution is 5.78. The van der Waals surface area contributed by atoms with Gasteiger partial charge < -0.3 is 20.7 Å². The van der Waals surface area contributed by atoms with Crippen LogP contribution in [0.1, 0.15) is 26.7 Å². The summed E-state index contributed by atoms with van der Waals surface area (Å²) in [7, 11) is 3.79. The molecule has 0 aromatic heterocycles. The first kappa shape index (κ1) is 16.2. The van der Waals surface area contributed by atoms with Crippen molar-refractivity contribution in [3.8, 4) is 0 Å². The molecule has 3 N–H and O–H groups in total. The molecule has 0 saturated heterocycles. The van der Waals surface area contributed by atoms with Crippen molar-refractivity contribution >= 4 is 5.96 Å². The molecule has 17 heavy (non-hydrogen) atoms. The van der Waals surface area contributed by atoms with Gasteiger partial charge in [0.15, 0.2) is 5.96 Å². The Morgan fingerprint density at radius 3 is 2.76 bits per heavy atom. The summed E-state index contributed by atoms with van der Waals surface area (Å²) >= 11 is 0. The van der Waals surface area contributed by atoms with Crippen LogP contribution >= 0.6 is 0 Å². The van der Waals surface area contributed by atoms with E-state index in [1.807, 2.05) is 6.92 Å². The second-order valence-corrected chi connectivity index (χ2v) is 4.42. The van der Waals surface area contributed by atoms with E-state index in [9.17, 15) is 0 Å². The summed E-state index contributed by atoms with van der Waals surface area (Å²) < 4.78 is 5.01. The quantitative estimate of drug-likeness (QED) is 0.462. The molecule has 5 nitrogen and oxygen atoms in total. The van der Waals surface area contributed by atoms with Crippen LogP contribution in [0.4, 0.5) is 0 Å². The maximum absolute atomic E-state index is 5.76. The molecular formula is C12H28N4O. The smallest absolute Gasteiger partial charge is 0.188 e. The second kappa shape index (κ2) is 10.4. The lowest BCUT2D eigenvalue weighted by Crippen LogP contribution is -2.41. The summed E-state index contributed by atoms with van der Waals surface area (Å²) in [6.45, 7) is 7.65. The van der Waals surface area contributed by atoms with Gasteiger partial charge in [0.1, 0.15) is 0 Å². The third-order valence-electron chi connectivity index (χ3n) is 2.47. The Morgan fingerprint density at radius 1 is 1.47 bits per heavy atom. The number of hydrogen-bond donors (Lipinski definition) is 2. The minimum Gasteiger partial charge on any atom is -0.383 e. The number of likely N-dealkylation sites (N-methyl/N-ethyl adjacent to an activating group) is 1. The van der Waals surface area contributed by atoms with E-state index in [1.165, 1.54) is 12.8 Å². The molecule has 5 heteroatoms. The predicted octanol–water partition coefficient (Wildman–Crippen LogP) is 0.658. The third kappa shape index (κ3) is 10.1. The fourth-order valence-corrected chi connectivity index (χ4v) is 1.47. The Kier molecular flexibility index (Phi) is 9.86. The molecule has 0 aromatic carbocycles. The minimum absolute atomic E-state index is 0.196. The number of nitrogens with zero attached hydrogens (tertiary/aromatic N) is 2. The second-order valence-electron chi connectivity index (χ2n) is 4.42. The van der Waals surface area contributed by atoms with E-state index in [-0.39, 0.29) is 6.04 Å². The monoisotopic (exact) mass is 244 g/mol. The largest absolute Gasteiger partial charge is 0.383 e. The van der Waals surface area contributed by atoms with E-state index in [1.54, 1.807) is 7.11 Å². The summed E-state index contributed by atoms with van der Waals surface area (Å²) in [4.78, 5) is 6.56. The van der Waals surface area contributed by atoms with Gasteiger partial charge in [0.25, 0.3) is 0 Å². The molecule has 0 rings (SSSR count). The first-order valence-electron chi connectivity index (χ1n) is 6.34. The van der Waals surface area contributed by atoms with Crippen LogP contribution in [0.25, 0.3) is 0 Å². The van der Waals surface area contributed by atoms with Crippen LogP contribution in [0, 0.1) is 0 Å². The fourth-order valence-electron chi connectivity index (χ4n) is 1.47. The highest BCUT2D eigenvalue weighted by Gasteiger charge is 2.01. The molecule has 1 atom stereocenters. The summed E-state index contributed by atoms with van der Waals surface area (Å²) in [6, 6.07) is 0.196. The lowest BCUT2D eigenvalue weighted by molar-refractivity contribution is 0.179. The van der Waals surface area contributed by atoms with Gasteiger partial charge in [-0.2, -0.15) is 0 Å². The van der Waals surface area contributed by atoms with Crippen LogP contribution < -0.4 is 11.1 Å². The van der Waals surface area contributed by atoms with Crippen molar-refractivity contribution in [1.29, 1.82) is 0 Å². The van der Waals surface area contributed by atoms with Crippen LogP contribution in [0.5, 0.6) is 0 Å². The number of methoxy groups -OCH3 is 1. The van der Waals surface area contributed by atoms with Gasteiger partial charge in [-0.15, -0.1) is 0 Å². The first-order valence-corrected chi connectivity index (χ1v) is 6.34. The zero-order valence-electron chi connectivity index (χ0n) is 11.7. The normalized spacial score (nSPS) is 14.1. The zero-order valence-corrected chi connectivity index (χ0v) is 11.7. The molecule has 102 valence electrons. The first-order chi connectivity index (χ1) is 8.10. The lowest BCUT2D eigenvalue weighted by Gasteiger charge is -2.16. The Hall–Kier alpha value is -0.810. The molecule has 0 spiro atoms. The number of unbranched alkanes of at least 4 members (excludes halogenated alkanes) is 1. The number of rotatable bonds is 9. The molecule has 0 aliphatic heterocycles. The third-order valence-corrected chi connectivity index (χ3v) is 2.47. The highest BCUT2D eigenvalue weighted by atomic mass is 16.5. The van der Waals surface area contributed by atoms with Gasteiger partial charge in [0.2, 0.25) is 0 Å². The average molecular weight is 244 g/mol. The Labute approximate surface area is 105 Å². The zero-order chi connectivity index (χ0) is 13.1. The van der Waals surface area contributed by atoms with E-state index < -0.39 is 0 Å². The van der Waals surface area contributed by atoms with E-state index in [0.717, 1.165) is 19.6 Å². The molecule has 0 bridgehead atoms. The van der Waals surface area contributed by atoms with Crippen molar-refractivity contribution < 1.29 is 4.74 Å². The highest BCUT2D eigenvalue weighted by Crippen LogP contribution is 1.91. The maximum atomic E-state index is 5.76. The molecule has 0 aromatic rings. The standard InChI is InChI=1S/C12H28N4O/c1-5-6-8-16(3)9-7-14-12(13)15-11(2)10-17-4/h11H,5-10H2,1-4H3,(H3,13,14,15). The number of hydrogen-bond acceptors (Lipinski definition) is 3. The summed E-state index contributed by atoms with van der Waals surface area (Å²) in [5.41, 5.74) is 5.76. The van der Waals surface area contributed by atoms with Gasteiger partial charge >= 0.3 is 0 Å². The molecule has 0 radical (unpaired) electrons. The van der Waals surface area contributed by atoms with Gasteiger partial charge in [-0.05, 0) is 26.9 Å². The SMILES string of the molecule is CCCCN(C)CCN=C(N)NC(C)COC. The average Bonchev–Trinajstić information content (AvgIpc) is 2.26. The van der Waals surface area contributed by atoms with Crippen LogP contribution in [0.3, 0.4) is 0 Å². The van der Waals surface area contributed by atoms with Crippen molar-refractivity contribution in [1.82, 2.24) is 10.2 Å². The van der Waals surface area contributed by atoms with Gasteiger partial charge in [0.05, 0.1) is 13.2 Å². The maximum Gasteiger partial charge on any atom is 0.188 e. The summed E-state index contributed by atoms with van der Waals surface area (Å²) in [5.74, 6) is 0.499. The number of aliphatic imine (C=N–C) groups is 1. The van der Waals surface area contributed by atoms with E-state index in [4.69, 9.17) is 10.5 Å². The van der Waals surface area contributed by atoms with E-state index >= 15 is 0 Å². The molecule has 0 aliphatic rings. The van der Waals surface area contributed by atoms with Crippen molar-refractivity contribution in [2.24, 2.45) is 10.7 Å². The fraction of sp³-hybridized carbons (Fsp3) is 0.917. The van der Waals surface area contributed by atoms with Crippen LogP contribution in [0.15, 0.2) is 4.99 Å². The number of guanidine groups is 1. The van der Waals surface area contributed by atoms with Crippen LogP contribution in [0.2, 0.25) is 0 Å². The van der Waals surface area contributed by atoms with Gasteiger partial charge in [-0.3, -0.25) is 4.99 Å². The molecule has 0 fully saturated rings. The van der Waals surface area contributed by atoms with Crippen molar-refractivity contribution in [3.63, 3.8) is 0 Å². The number of nitrogens with one attached hydrogen (secondary N) is 1. The molecule has 0 saturated carbocycles. The lowest BCUT2D eigenvalue weighted by atomic mass is 10.3. The summed E-state index contributed by atoms with van der Waals surface area (Å²) in [6.07, 6.45) is 2.46. The Bertz CT molecular complexity index is 209. The van der Waals surface area contributed by atoms with Crippen molar-refractivity contribution in [3.05, 3.63) is 0 Å². The van der Waals surface area contributed by atoms with Crippen LogP contribution in [-0.2, 0) is 4.74 Å². The molecule has 0 heterocycles. The predicted molar refractivity (Wildman–Crippen MR) is 73.4 cm³/mol. The van der Waals surface area contributed by atoms with Crippen molar-refractivity contribution in [2.75, 3.05) is 40.4 Å². The molecule has 1 unspecified atom stereocenters. The van der Waals surface area contributed by atoms with Gasteiger partial charge in [0, 0.05) is 19.7 Å². The molecule has 0 amide bonds. The molecule has 0 aliphatic carbocycles. The van der Waals surface area contributed by atoms with Crippen molar-refractivity contribution in [2.45, 2.75) is 32.7 Å². The topological polar surface area (TPSA) is 62.9 Å². The number of ether oxygens (including phenoxy) is 1. The van der Waals surface area contributed by atoms with Crippen LogP contribution in [-0.4, -0.2) is 57.3 Å². The summed E-state index contributed by atoms with van der Waals surface area (Å²) in [5, 5.41) is 3.08. The van der Waals surface area contributed by atoms with E-state index in [2.05, 4.69) is 29.2 Å². The Morgan fingerprint density at radius 2 is 2.18 bits per heavy atom. The van der Waals surface area contributed by atoms with Gasteiger partial charge in [-0.1, -0.05) is 13.3 Å². The van der Waals surface area contributed by atoms with E-state index in [0.29, 0.717) is 12.6 Å².